The van der Waals surface area contributed by atoms with Crippen molar-refractivity contribution >= 4 is 16.0 Å². The molecule has 0 saturated heterocycles. The van der Waals surface area contributed by atoms with E-state index in [0.717, 1.165) is 13.1 Å². The lowest BCUT2D eigenvalue weighted by Crippen LogP contribution is -2.27. The van der Waals surface area contributed by atoms with E-state index in [4.69, 9.17) is 5.11 Å². The number of aromatic carboxylic acids is 1. The molecule has 0 atom stereocenters. The van der Waals surface area contributed by atoms with E-state index in [1.807, 2.05) is 6.92 Å². The second-order valence-corrected chi connectivity index (χ2v) is 6.74. The molecule has 0 amide bonds. The molecule has 3 N–H and O–H groups in total. The van der Waals surface area contributed by atoms with E-state index in [1.165, 1.54) is 16.8 Å². The number of aromatic nitrogens is 1. The van der Waals surface area contributed by atoms with Gasteiger partial charge in [0.25, 0.3) is 0 Å². The minimum absolute atomic E-state index is 0.0166. The zero-order valence-electron chi connectivity index (χ0n) is 12.6. The number of carboxylic acids is 1. The van der Waals surface area contributed by atoms with Crippen molar-refractivity contribution in [3.8, 4) is 0 Å². The molecule has 0 aliphatic carbocycles. The highest BCUT2D eigenvalue weighted by Gasteiger charge is 2.21. The topological polar surface area (TPSA) is 100 Å². The number of rotatable bonds is 9. The first kappa shape index (κ1) is 17.7. The van der Waals surface area contributed by atoms with Crippen molar-refractivity contribution in [1.82, 2.24) is 14.6 Å². The van der Waals surface area contributed by atoms with Crippen molar-refractivity contribution in [2.24, 2.45) is 0 Å². The van der Waals surface area contributed by atoms with E-state index < -0.39 is 16.0 Å². The summed E-state index contributed by atoms with van der Waals surface area (Å²) >= 11 is 0. The molecule has 0 aliphatic heterocycles. The van der Waals surface area contributed by atoms with Crippen LogP contribution in [0.25, 0.3) is 0 Å². The fourth-order valence-corrected chi connectivity index (χ4v) is 2.98. The fourth-order valence-electron chi connectivity index (χ4n) is 1.88. The van der Waals surface area contributed by atoms with Gasteiger partial charge in [-0.25, -0.2) is 17.9 Å². The summed E-state index contributed by atoms with van der Waals surface area (Å²) in [6.45, 7) is 7.45. The van der Waals surface area contributed by atoms with Gasteiger partial charge in [0.2, 0.25) is 10.0 Å². The molecule has 0 fully saturated rings. The SMILES string of the molecule is CCNCCCNS(=O)(=O)c1cc(C(=O)O)n(C(C)C)c1. The lowest BCUT2D eigenvalue weighted by Gasteiger charge is -2.09. The molecule has 0 unspecified atom stereocenters. The van der Waals surface area contributed by atoms with Crippen LogP contribution in [0, 0.1) is 0 Å². The van der Waals surface area contributed by atoms with Gasteiger partial charge in [-0.05, 0) is 39.4 Å². The predicted octanol–water partition coefficient (Wildman–Crippen LogP) is 1.05. The maximum absolute atomic E-state index is 12.1. The zero-order chi connectivity index (χ0) is 16.0. The van der Waals surface area contributed by atoms with Gasteiger partial charge >= 0.3 is 5.97 Å². The van der Waals surface area contributed by atoms with Crippen molar-refractivity contribution in [3.05, 3.63) is 18.0 Å². The van der Waals surface area contributed by atoms with Crippen LogP contribution in [0.15, 0.2) is 17.2 Å². The Morgan fingerprint density at radius 3 is 2.52 bits per heavy atom. The molecule has 1 aromatic heterocycles. The Kier molecular flexibility index (Phi) is 6.38. The Bertz CT molecular complexity index is 578. The number of nitrogens with one attached hydrogen (secondary N) is 2. The third kappa shape index (κ3) is 4.83. The standard InChI is InChI=1S/C13H23N3O4S/c1-4-14-6-5-7-15-21(19,20)11-8-12(13(17)18)16(9-11)10(2)3/h8-10,14-15H,4-7H2,1-3H3,(H,17,18). The second kappa shape index (κ2) is 7.58. The van der Waals surface area contributed by atoms with E-state index in [2.05, 4.69) is 10.0 Å². The third-order valence-corrected chi connectivity index (χ3v) is 4.41. The summed E-state index contributed by atoms with van der Waals surface area (Å²) in [5.74, 6) is -1.14. The van der Waals surface area contributed by atoms with Crippen molar-refractivity contribution in [1.29, 1.82) is 0 Å². The van der Waals surface area contributed by atoms with E-state index in [1.54, 1.807) is 13.8 Å². The summed E-state index contributed by atoms with van der Waals surface area (Å²) in [5, 5.41) is 12.2. The Labute approximate surface area is 125 Å². The molecule has 0 radical (unpaired) electrons. The molecule has 0 spiro atoms. The second-order valence-electron chi connectivity index (χ2n) is 4.97. The number of nitrogens with zero attached hydrogens (tertiary/aromatic N) is 1. The molecule has 8 heteroatoms. The average Bonchev–Trinajstić information content (AvgIpc) is 2.84. The highest BCUT2D eigenvalue weighted by atomic mass is 32.2. The molecule has 1 heterocycles. The van der Waals surface area contributed by atoms with Crippen LogP contribution in [0.2, 0.25) is 0 Å². The van der Waals surface area contributed by atoms with Gasteiger partial charge in [-0.2, -0.15) is 0 Å². The Hall–Kier alpha value is -1.38. The summed E-state index contributed by atoms with van der Waals surface area (Å²) in [6, 6.07) is 1.06. The summed E-state index contributed by atoms with van der Waals surface area (Å²) in [6.07, 6.45) is 2.03. The van der Waals surface area contributed by atoms with Gasteiger partial charge in [0.15, 0.2) is 0 Å². The number of sulfonamides is 1. The van der Waals surface area contributed by atoms with E-state index in [9.17, 15) is 13.2 Å². The van der Waals surface area contributed by atoms with Crippen molar-refractivity contribution in [2.45, 2.75) is 38.1 Å². The fraction of sp³-hybridized carbons (Fsp3) is 0.615. The monoisotopic (exact) mass is 317 g/mol. The van der Waals surface area contributed by atoms with Crippen LogP contribution in [-0.2, 0) is 10.0 Å². The van der Waals surface area contributed by atoms with Gasteiger partial charge in [-0.1, -0.05) is 6.92 Å². The molecular formula is C13H23N3O4S. The maximum atomic E-state index is 12.1. The molecule has 1 rings (SSSR count). The maximum Gasteiger partial charge on any atom is 0.352 e. The van der Waals surface area contributed by atoms with Crippen LogP contribution in [-0.4, -0.2) is 43.7 Å². The Balaban J connectivity index is 2.84. The highest BCUT2D eigenvalue weighted by molar-refractivity contribution is 7.89. The molecule has 21 heavy (non-hydrogen) atoms. The molecule has 0 aliphatic rings. The van der Waals surface area contributed by atoms with E-state index in [0.29, 0.717) is 13.0 Å². The third-order valence-electron chi connectivity index (χ3n) is 2.98. The summed E-state index contributed by atoms with van der Waals surface area (Å²) in [5.41, 5.74) is -0.0296. The van der Waals surface area contributed by atoms with E-state index in [-0.39, 0.29) is 16.6 Å². The molecule has 1 aromatic rings. The summed E-state index contributed by atoms with van der Waals surface area (Å²) in [4.78, 5) is 11.1. The summed E-state index contributed by atoms with van der Waals surface area (Å²) < 4.78 is 28.2. The highest BCUT2D eigenvalue weighted by Crippen LogP contribution is 2.18. The first-order valence-corrected chi connectivity index (χ1v) is 8.43. The van der Waals surface area contributed by atoms with Crippen LogP contribution in [0.3, 0.4) is 0 Å². The number of carboxylic acid groups (broad SMARTS) is 1. The van der Waals surface area contributed by atoms with E-state index >= 15 is 0 Å². The van der Waals surface area contributed by atoms with Crippen LogP contribution < -0.4 is 10.0 Å². The normalized spacial score (nSPS) is 12.0. The first-order chi connectivity index (χ1) is 9.79. The van der Waals surface area contributed by atoms with Gasteiger partial charge in [-0.3, -0.25) is 0 Å². The Morgan fingerprint density at radius 2 is 2.05 bits per heavy atom. The molecular weight excluding hydrogens is 294 g/mol. The van der Waals surface area contributed by atoms with Crippen molar-refractivity contribution < 1.29 is 18.3 Å². The average molecular weight is 317 g/mol. The number of hydrogen-bond acceptors (Lipinski definition) is 4. The van der Waals surface area contributed by atoms with Crippen LogP contribution in [0.5, 0.6) is 0 Å². The largest absolute Gasteiger partial charge is 0.477 e. The minimum Gasteiger partial charge on any atom is -0.477 e. The smallest absolute Gasteiger partial charge is 0.352 e. The number of hydrogen-bond donors (Lipinski definition) is 3. The molecule has 120 valence electrons. The van der Waals surface area contributed by atoms with Crippen LogP contribution in [0.1, 0.15) is 43.7 Å². The lowest BCUT2D eigenvalue weighted by molar-refractivity contribution is 0.0683. The molecule has 7 nitrogen and oxygen atoms in total. The number of carbonyl (C=O) groups is 1. The lowest BCUT2D eigenvalue weighted by atomic mass is 10.3. The minimum atomic E-state index is -3.68. The van der Waals surface area contributed by atoms with Gasteiger partial charge < -0.3 is 15.0 Å². The van der Waals surface area contributed by atoms with Gasteiger partial charge in [0.1, 0.15) is 10.6 Å². The Morgan fingerprint density at radius 1 is 1.38 bits per heavy atom. The summed E-state index contributed by atoms with van der Waals surface area (Å²) in [7, 11) is -3.68. The van der Waals surface area contributed by atoms with Gasteiger partial charge in [-0.15, -0.1) is 0 Å². The van der Waals surface area contributed by atoms with Crippen LogP contribution in [0.4, 0.5) is 0 Å². The van der Waals surface area contributed by atoms with Gasteiger partial charge in [0.05, 0.1) is 0 Å². The first-order valence-electron chi connectivity index (χ1n) is 6.95. The van der Waals surface area contributed by atoms with Crippen LogP contribution >= 0.6 is 0 Å². The zero-order valence-corrected chi connectivity index (χ0v) is 13.4. The van der Waals surface area contributed by atoms with Gasteiger partial charge in [0, 0.05) is 18.8 Å². The molecule has 0 aromatic carbocycles. The predicted molar refractivity (Wildman–Crippen MR) is 80.1 cm³/mol. The van der Waals surface area contributed by atoms with Crippen molar-refractivity contribution in [3.63, 3.8) is 0 Å². The van der Waals surface area contributed by atoms with Crippen molar-refractivity contribution in [2.75, 3.05) is 19.6 Å². The molecule has 0 saturated carbocycles. The quantitative estimate of drug-likeness (QED) is 0.591. The molecule has 0 bridgehead atoms.